The Balaban J connectivity index is 1.45. The fourth-order valence-electron chi connectivity index (χ4n) is 3.49. The minimum Gasteiger partial charge on any atom is -0.369 e. The summed E-state index contributed by atoms with van der Waals surface area (Å²) in [5.41, 5.74) is 3.39. The van der Waals surface area contributed by atoms with Gasteiger partial charge in [-0.2, -0.15) is 0 Å². The molecule has 0 bridgehead atoms. The van der Waals surface area contributed by atoms with E-state index in [-0.39, 0.29) is 5.91 Å². The standard InChI is InChI=1S/C24H33N3O2/c1-3-4-18-29-20(2)24(28)25-22-10-12-23(13-11-22)27-16-14-26(15-17-27)19-21-8-6-5-7-9-21/h5-13,20H,3-4,14-19H2,1-2H3,(H,25,28). The molecule has 0 radical (unpaired) electrons. The van der Waals surface area contributed by atoms with Crippen molar-refractivity contribution < 1.29 is 9.53 Å². The van der Waals surface area contributed by atoms with Crippen molar-refractivity contribution in [3.63, 3.8) is 0 Å². The maximum absolute atomic E-state index is 12.2. The molecule has 0 saturated carbocycles. The number of amides is 1. The molecule has 1 aliphatic rings. The Morgan fingerprint density at radius 2 is 1.72 bits per heavy atom. The molecule has 1 N–H and O–H groups in total. The molecule has 1 fully saturated rings. The third-order valence-electron chi connectivity index (χ3n) is 5.36. The Hall–Kier alpha value is -2.37. The van der Waals surface area contributed by atoms with Crippen molar-refractivity contribution >= 4 is 17.3 Å². The third-order valence-corrected chi connectivity index (χ3v) is 5.36. The molecular formula is C24H33N3O2. The molecule has 1 aliphatic heterocycles. The highest BCUT2D eigenvalue weighted by Gasteiger charge is 2.18. The van der Waals surface area contributed by atoms with Crippen LogP contribution < -0.4 is 10.2 Å². The van der Waals surface area contributed by atoms with Gasteiger partial charge in [0.2, 0.25) is 0 Å². The summed E-state index contributed by atoms with van der Waals surface area (Å²) in [6, 6.07) is 18.8. The van der Waals surface area contributed by atoms with Gasteiger partial charge in [0.25, 0.3) is 5.91 Å². The normalized spacial score (nSPS) is 15.9. The Morgan fingerprint density at radius 3 is 2.38 bits per heavy atom. The van der Waals surface area contributed by atoms with Crippen LogP contribution in [0.2, 0.25) is 0 Å². The van der Waals surface area contributed by atoms with Crippen molar-refractivity contribution in [1.82, 2.24) is 4.90 Å². The SMILES string of the molecule is CCCCOC(C)C(=O)Nc1ccc(N2CCN(Cc3ccccc3)CC2)cc1. The number of hydrogen-bond donors (Lipinski definition) is 1. The number of rotatable bonds is 9. The molecule has 3 rings (SSSR count). The van der Waals surface area contributed by atoms with Crippen molar-refractivity contribution in [2.75, 3.05) is 43.0 Å². The number of nitrogens with one attached hydrogen (secondary N) is 1. The van der Waals surface area contributed by atoms with E-state index >= 15 is 0 Å². The van der Waals surface area contributed by atoms with Crippen LogP contribution in [-0.2, 0) is 16.1 Å². The molecule has 2 aromatic carbocycles. The molecule has 0 spiro atoms. The highest BCUT2D eigenvalue weighted by atomic mass is 16.5. The first-order valence-corrected chi connectivity index (χ1v) is 10.7. The molecule has 0 aliphatic carbocycles. The molecule has 1 amide bonds. The molecular weight excluding hydrogens is 362 g/mol. The second-order valence-corrected chi connectivity index (χ2v) is 7.65. The lowest BCUT2D eigenvalue weighted by atomic mass is 10.2. The monoisotopic (exact) mass is 395 g/mol. The number of piperazine rings is 1. The minimum atomic E-state index is -0.432. The van der Waals surface area contributed by atoms with Gasteiger partial charge in [-0.25, -0.2) is 0 Å². The number of ether oxygens (including phenoxy) is 1. The van der Waals surface area contributed by atoms with Gasteiger partial charge in [0.1, 0.15) is 6.10 Å². The number of carbonyl (C=O) groups excluding carboxylic acids is 1. The van der Waals surface area contributed by atoms with Crippen LogP contribution in [0, 0.1) is 0 Å². The summed E-state index contributed by atoms with van der Waals surface area (Å²) in [6.07, 6.45) is 1.61. The number of nitrogens with zero attached hydrogens (tertiary/aromatic N) is 2. The molecule has 1 saturated heterocycles. The van der Waals surface area contributed by atoms with Crippen molar-refractivity contribution in [2.24, 2.45) is 0 Å². The van der Waals surface area contributed by atoms with Gasteiger partial charge in [0, 0.05) is 50.7 Å². The van der Waals surface area contributed by atoms with E-state index in [4.69, 9.17) is 4.74 Å². The lowest BCUT2D eigenvalue weighted by Crippen LogP contribution is -2.45. The van der Waals surface area contributed by atoms with Crippen molar-refractivity contribution in [2.45, 2.75) is 39.3 Å². The number of hydrogen-bond acceptors (Lipinski definition) is 4. The van der Waals surface area contributed by atoms with Crippen LogP contribution in [0.25, 0.3) is 0 Å². The van der Waals surface area contributed by atoms with Crippen molar-refractivity contribution in [1.29, 1.82) is 0 Å². The van der Waals surface area contributed by atoms with Gasteiger partial charge in [0.05, 0.1) is 0 Å². The molecule has 1 unspecified atom stereocenters. The summed E-state index contributed by atoms with van der Waals surface area (Å²) in [7, 11) is 0. The lowest BCUT2D eigenvalue weighted by Gasteiger charge is -2.36. The summed E-state index contributed by atoms with van der Waals surface area (Å²) in [4.78, 5) is 17.1. The maximum Gasteiger partial charge on any atom is 0.253 e. The van der Waals surface area contributed by atoms with Gasteiger partial charge in [-0.05, 0) is 43.2 Å². The highest BCUT2D eigenvalue weighted by molar-refractivity contribution is 5.94. The zero-order valence-corrected chi connectivity index (χ0v) is 17.6. The van der Waals surface area contributed by atoms with Crippen LogP contribution in [0.3, 0.4) is 0 Å². The average Bonchev–Trinajstić information content (AvgIpc) is 2.76. The molecule has 1 heterocycles. The van der Waals surface area contributed by atoms with E-state index < -0.39 is 6.10 Å². The van der Waals surface area contributed by atoms with Crippen LogP contribution in [-0.4, -0.2) is 49.7 Å². The molecule has 1 atom stereocenters. The van der Waals surface area contributed by atoms with Gasteiger partial charge in [-0.1, -0.05) is 43.7 Å². The van der Waals surface area contributed by atoms with E-state index in [1.807, 2.05) is 12.1 Å². The van der Waals surface area contributed by atoms with Gasteiger partial charge in [-0.3, -0.25) is 9.69 Å². The van der Waals surface area contributed by atoms with Gasteiger partial charge < -0.3 is 15.0 Å². The number of carbonyl (C=O) groups is 1. The van der Waals surface area contributed by atoms with E-state index in [1.54, 1.807) is 6.92 Å². The van der Waals surface area contributed by atoms with Gasteiger partial charge in [0.15, 0.2) is 0 Å². The quantitative estimate of drug-likeness (QED) is 0.648. The van der Waals surface area contributed by atoms with Crippen LogP contribution in [0.15, 0.2) is 54.6 Å². The number of benzene rings is 2. The lowest BCUT2D eigenvalue weighted by molar-refractivity contribution is -0.126. The summed E-state index contributed by atoms with van der Waals surface area (Å²) >= 11 is 0. The smallest absolute Gasteiger partial charge is 0.253 e. The predicted molar refractivity (Wildman–Crippen MR) is 119 cm³/mol. The Kier molecular flexibility index (Phi) is 8.08. The van der Waals surface area contributed by atoms with Crippen LogP contribution in [0.5, 0.6) is 0 Å². The van der Waals surface area contributed by atoms with E-state index in [0.29, 0.717) is 6.61 Å². The summed E-state index contributed by atoms with van der Waals surface area (Å²) < 4.78 is 5.56. The van der Waals surface area contributed by atoms with E-state index in [0.717, 1.165) is 51.3 Å². The maximum atomic E-state index is 12.2. The van der Waals surface area contributed by atoms with Crippen molar-refractivity contribution in [3.8, 4) is 0 Å². The molecule has 156 valence electrons. The van der Waals surface area contributed by atoms with Crippen LogP contribution in [0.1, 0.15) is 32.3 Å². The molecule has 5 heteroatoms. The zero-order chi connectivity index (χ0) is 20.5. The average molecular weight is 396 g/mol. The predicted octanol–water partition coefficient (Wildman–Crippen LogP) is 4.15. The second-order valence-electron chi connectivity index (χ2n) is 7.65. The first kappa shape index (κ1) is 21.3. The minimum absolute atomic E-state index is 0.0941. The first-order valence-electron chi connectivity index (χ1n) is 10.7. The zero-order valence-electron chi connectivity index (χ0n) is 17.6. The van der Waals surface area contributed by atoms with E-state index in [2.05, 4.69) is 64.5 Å². The van der Waals surface area contributed by atoms with Crippen LogP contribution >= 0.6 is 0 Å². The Morgan fingerprint density at radius 1 is 1.03 bits per heavy atom. The topological polar surface area (TPSA) is 44.8 Å². The molecule has 0 aromatic heterocycles. The molecule has 2 aromatic rings. The van der Waals surface area contributed by atoms with Crippen LogP contribution in [0.4, 0.5) is 11.4 Å². The number of unbranched alkanes of at least 4 members (excludes halogenated alkanes) is 1. The van der Waals surface area contributed by atoms with Crippen molar-refractivity contribution in [3.05, 3.63) is 60.2 Å². The fraction of sp³-hybridized carbons (Fsp3) is 0.458. The van der Waals surface area contributed by atoms with Gasteiger partial charge in [-0.15, -0.1) is 0 Å². The highest BCUT2D eigenvalue weighted by Crippen LogP contribution is 2.20. The summed E-state index contributed by atoms with van der Waals surface area (Å²) in [6.45, 7) is 9.69. The first-order chi connectivity index (χ1) is 14.2. The van der Waals surface area contributed by atoms with E-state index in [9.17, 15) is 4.79 Å². The van der Waals surface area contributed by atoms with Gasteiger partial charge >= 0.3 is 0 Å². The molecule has 29 heavy (non-hydrogen) atoms. The Labute approximate surface area is 174 Å². The summed E-state index contributed by atoms with van der Waals surface area (Å²) in [5.74, 6) is -0.0941. The Bertz CT molecular complexity index is 740. The largest absolute Gasteiger partial charge is 0.369 e. The summed E-state index contributed by atoms with van der Waals surface area (Å²) in [5, 5.41) is 2.94. The number of anilines is 2. The fourth-order valence-corrected chi connectivity index (χ4v) is 3.49. The van der Waals surface area contributed by atoms with E-state index in [1.165, 1.54) is 11.3 Å². The third kappa shape index (κ3) is 6.58. The second kappa shape index (κ2) is 11.0. The molecule has 5 nitrogen and oxygen atoms in total.